The lowest BCUT2D eigenvalue weighted by Crippen LogP contribution is -2.65. The van der Waals surface area contributed by atoms with Crippen LogP contribution in [0.4, 0.5) is 13.2 Å². The highest BCUT2D eigenvalue weighted by Gasteiger charge is 2.48. The van der Waals surface area contributed by atoms with Gasteiger partial charge in [0.05, 0.1) is 24.4 Å². The molecule has 0 atom stereocenters. The number of alkyl halides is 3. The second-order valence-electron chi connectivity index (χ2n) is 14.0. The van der Waals surface area contributed by atoms with Crippen LogP contribution in [0.3, 0.4) is 0 Å². The summed E-state index contributed by atoms with van der Waals surface area (Å²) in [5.74, 6) is -3.55. The Labute approximate surface area is 281 Å². The molecule has 17 heteroatoms. The molecule has 1 aliphatic heterocycles. The first-order valence-electron chi connectivity index (χ1n) is 16.1. The minimum Gasteiger partial charge on any atom is -0.477 e. The van der Waals surface area contributed by atoms with Gasteiger partial charge in [-0.1, -0.05) is 19.6 Å². The van der Waals surface area contributed by atoms with Gasteiger partial charge in [0.15, 0.2) is 5.69 Å². The van der Waals surface area contributed by atoms with Crippen LogP contribution in [0, 0.1) is 11.3 Å². The molecule has 0 radical (unpaired) electrons. The molecular weight excluding hydrogens is 659 g/mol. The fourth-order valence-electron chi connectivity index (χ4n) is 6.46. The van der Waals surface area contributed by atoms with E-state index in [-0.39, 0.29) is 12.5 Å². The van der Waals surface area contributed by atoms with Crippen molar-refractivity contribution in [1.82, 2.24) is 39.2 Å². The summed E-state index contributed by atoms with van der Waals surface area (Å²) < 4.78 is 55.2. The maximum Gasteiger partial charge on any atom is 0.451 e. The zero-order valence-electron chi connectivity index (χ0n) is 27.5. The van der Waals surface area contributed by atoms with Gasteiger partial charge in [-0.25, -0.2) is 19.7 Å². The quantitative estimate of drug-likeness (QED) is 0.149. The number of aromatic carboxylic acids is 1. The maximum atomic E-state index is 13.2. The number of hydrogen-bond acceptors (Lipinski definition) is 10. The lowest BCUT2D eigenvalue weighted by Gasteiger charge is -2.53. The van der Waals surface area contributed by atoms with Crippen LogP contribution in [-0.4, -0.2) is 90.2 Å². The molecule has 6 rings (SSSR count). The second kappa shape index (κ2) is 13.5. The van der Waals surface area contributed by atoms with Crippen LogP contribution in [0.2, 0.25) is 25.7 Å². The number of hydrogen-bond donors (Lipinski definition) is 1. The lowest BCUT2D eigenvalue weighted by molar-refractivity contribution is -0.145. The summed E-state index contributed by atoms with van der Waals surface area (Å²) >= 11 is 0. The Kier molecular flexibility index (Phi) is 9.48. The molecule has 0 bridgehead atoms. The first-order chi connectivity index (χ1) is 23.2. The minimum absolute atomic E-state index is 0.196. The van der Waals surface area contributed by atoms with Crippen molar-refractivity contribution in [2.75, 3.05) is 19.7 Å². The third kappa shape index (κ3) is 7.60. The van der Waals surface area contributed by atoms with Crippen molar-refractivity contribution in [3.05, 3.63) is 48.6 Å². The van der Waals surface area contributed by atoms with E-state index in [1.807, 2.05) is 27.7 Å². The van der Waals surface area contributed by atoms with E-state index in [9.17, 15) is 28.3 Å². The van der Waals surface area contributed by atoms with Crippen LogP contribution in [0.5, 0.6) is 5.88 Å². The van der Waals surface area contributed by atoms with Gasteiger partial charge in [-0.15, -0.1) is 0 Å². The first-order valence-corrected chi connectivity index (χ1v) is 19.9. The Hall–Kier alpha value is -4.40. The van der Waals surface area contributed by atoms with Gasteiger partial charge in [-0.3, -0.25) is 9.58 Å². The molecule has 5 heterocycles. The van der Waals surface area contributed by atoms with Crippen molar-refractivity contribution in [3.8, 4) is 23.2 Å². The third-order valence-corrected chi connectivity index (χ3v) is 10.9. The molecule has 0 aromatic carbocycles. The normalized spacial score (nSPS) is 19.8. The Morgan fingerprint density at radius 3 is 2.59 bits per heavy atom. The molecule has 0 amide bonds. The summed E-state index contributed by atoms with van der Waals surface area (Å²) in [6, 6.07) is 6.50. The SMILES string of the molecule is C[Si](C)(C)CCOCn1ccc2c(-c3cnn(C4(CC#N)CN(C5CCC(Oc6cc(C(=O)O)nc(C(F)(F)F)n6)CC5)C4)c3)ncnc21. The molecule has 49 heavy (non-hydrogen) atoms. The molecule has 2 aliphatic rings. The molecule has 0 spiro atoms. The average Bonchev–Trinajstić information content (AvgIpc) is 3.68. The van der Waals surface area contributed by atoms with E-state index >= 15 is 0 Å². The van der Waals surface area contributed by atoms with E-state index in [0.717, 1.165) is 47.2 Å². The zero-order chi connectivity index (χ0) is 35.0. The molecular formula is C32H38F3N9O4Si. The highest BCUT2D eigenvalue weighted by atomic mass is 28.3. The standard InChI is InChI=1S/C32H38F3N9O4Si/c1-49(2,3)13-12-47-20-42-11-8-24-27(37-19-38-28(24)42)21-15-39-44(16-21)31(9-10-36)17-43(18-31)22-4-6-23(7-5-22)48-26-14-25(29(45)46)40-30(41-26)32(33,34)35/h8,11,14-16,19,22-23H,4-7,9,12-13,17-18,20H2,1-3H3,(H,45,46). The van der Waals surface area contributed by atoms with Gasteiger partial charge in [0.2, 0.25) is 11.7 Å². The number of nitrogens with zero attached hydrogens (tertiary/aromatic N) is 9. The molecule has 4 aromatic rings. The van der Waals surface area contributed by atoms with Crippen molar-refractivity contribution in [1.29, 1.82) is 5.26 Å². The van der Waals surface area contributed by atoms with Crippen LogP contribution in [0.15, 0.2) is 37.1 Å². The first kappa shape index (κ1) is 34.5. The van der Waals surface area contributed by atoms with Gasteiger partial charge in [0.1, 0.15) is 30.3 Å². The molecule has 1 N–H and O–H groups in total. The third-order valence-electron chi connectivity index (χ3n) is 9.15. The molecule has 1 saturated heterocycles. The van der Waals surface area contributed by atoms with E-state index in [1.165, 1.54) is 6.33 Å². The van der Waals surface area contributed by atoms with Gasteiger partial charge in [-0.2, -0.15) is 28.5 Å². The monoisotopic (exact) mass is 697 g/mol. The van der Waals surface area contributed by atoms with Crippen LogP contribution in [0.25, 0.3) is 22.3 Å². The van der Waals surface area contributed by atoms with Gasteiger partial charge in [0, 0.05) is 63.2 Å². The van der Waals surface area contributed by atoms with Crippen LogP contribution >= 0.6 is 0 Å². The molecule has 1 aliphatic carbocycles. The van der Waals surface area contributed by atoms with Crippen molar-refractivity contribution >= 4 is 25.1 Å². The van der Waals surface area contributed by atoms with Gasteiger partial charge < -0.3 is 19.1 Å². The Bertz CT molecular complexity index is 1850. The average molecular weight is 698 g/mol. The van der Waals surface area contributed by atoms with Crippen LogP contribution in [-0.2, 0) is 23.2 Å². The number of fused-ring (bicyclic) bond motifs is 1. The van der Waals surface area contributed by atoms with E-state index < -0.39 is 49.3 Å². The largest absolute Gasteiger partial charge is 0.477 e. The Morgan fingerprint density at radius 2 is 1.92 bits per heavy atom. The van der Waals surface area contributed by atoms with E-state index in [2.05, 4.69) is 55.6 Å². The number of carboxylic acid groups (broad SMARTS) is 1. The highest BCUT2D eigenvalue weighted by Crippen LogP contribution is 2.39. The van der Waals surface area contributed by atoms with Gasteiger partial charge in [-0.05, 0) is 37.8 Å². The van der Waals surface area contributed by atoms with Crippen molar-refractivity contribution in [2.45, 2.75) is 88.4 Å². The summed E-state index contributed by atoms with van der Waals surface area (Å²) in [4.78, 5) is 29.2. The Balaban J connectivity index is 1.08. The number of aromatic nitrogens is 7. The fourth-order valence-corrected chi connectivity index (χ4v) is 7.21. The van der Waals surface area contributed by atoms with Crippen molar-refractivity contribution in [3.63, 3.8) is 0 Å². The minimum atomic E-state index is -4.90. The number of nitriles is 1. The summed E-state index contributed by atoms with van der Waals surface area (Å²) in [5.41, 5.74) is 1.06. The van der Waals surface area contributed by atoms with E-state index in [4.69, 9.17) is 9.47 Å². The number of carboxylic acids is 1. The summed E-state index contributed by atoms with van der Waals surface area (Å²) in [6.45, 7) is 9.30. The molecule has 13 nitrogen and oxygen atoms in total. The summed E-state index contributed by atoms with van der Waals surface area (Å²) in [7, 11) is -1.19. The number of ether oxygens (including phenoxy) is 2. The number of halogens is 3. The number of likely N-dealkylation sites (tertiary alicyclic amines) is 1. The summed E-state index contributed by atoms with van der Waals surface area (Å²) in [6.07, 6.45) is 4.69. The Morgan fingerprint density at radius 1 is 1.16 bits per heavy atom. The molecule has 0 unspecified atom stereocenters. The fraction of sp³-hybridized carbons (Fsp3) is 0.531. The van der Waals surface area contributed by atoms with Gasteiger partial charge in [0.25, 0.3) is 0 Å². The second-order valence-corrected chi connectivity index (χ2v) is 19.6. The molecule has 260 valence electrons. The predicted molar refractivity (Wildman–Crippen MR) is 173 cm³/mol. The van der Waals surface area contributed by atoms with Gasteiger partial charge >= 0.3 is 12.1 Å². The number of rotatable bonds is 12. The van der Waals surface area contributed by atoms with Crippen LogP contribution < -0.4 is 4.74 Å². The maximum absolute atomic E-state index is 13.2. The molecule has 1 saturated carbocycles. The lowest BCUT2D eigenvalue weighted by atomic mass is 9.82. The summed E-state index contributed by atoms with van der Waals surface area (Å²) in [5, 5.41) is 24.5. The molecule has 2 fully saturated rings. The van der Waals surface area contributed by atoms with E-state index in [1.54, 1.807) is 6.20 Å². The van der Waals surface area contributed by atoms with Crippen molar-refractivity contribution in [2.24, 2.45) is 0 Å². The van der Waals surface area contributed by atoms with E-state index in [0.29, 0.717) is 39.3 Å². The smallest absolute Gasteiger partial charge is 0.451 e. The van der Waals surface area contributed by atoms with Crippen molar-refractivity contribution < 1.29 is 32.5 Å². The predicted octanol–water partition coefficient (Wildman–Crippen LogP) is 5.43. The number of carbonyl (C=O) groups is 1. The zero-order valence-corrected chi connectivity index (χ0v) is 28.5. The topological polar surface area (TPSA) is 157 Å². The van der Waals surface area contributed by atoms with Crippen LogP contribution in [0.1, 0.15) is 48.4 Å². The highest BCUT2D eigenvalue weighted by molar-refractivity contribution is 6.76. The molecule has 4 aromatic heterocycles.